The van der Waals surface area contributed by atoms with Crippen LogP contribution in [0.5, 0.6) is 0 Å². The Balaban J connectivity index is -0.000000190. The third-order valence-electron chi connectivity index (χ3n) is 2.79. The second-order valence-electron chi connectivity index (χ2n) is 6.35. The Hall–Kier alpha value is -1.02. The lowest BCUT2D eigenvalue weighted by atomic mass is 9.88. The maximum atomic E-state index is 11.0. The fourth-order valence-electron chi connectivity index (χ4n) is 1.11. The molecule has 12 nitrogen and oxygen atoms in total. The molecule has 0 aliphatic rings. The molecular weight excluding hydrogens is 603 g/mol. The Morgan fingerprint density at radius 1 is 0.500 bits per heavy atom. The molecule has 0 radical (unpaired) electrons. The van der Waals surface area contributed by atoms with Crippen molar-refractivity contribution in [3.8, 4) is 0 Å². The summed E-state index contributed by atoms with van der Waals surface area (Å²) in [6.07, 6.45) is -14.0. The molecule has 0 saturated carbocycles. The molecule has 0 amide bonds. The smallest absolute Gasteiger partial charge is 0.396 e. The highest BCUT2D eigenvalue weighted by atomic mass is 32.2. The topological polar surface area (TPSA) is 224 Å². The summed E-state index contributed by atoms with van der Waals surface area (Å²) in [5.74, 6) is -6.54. The third-order valence-corrected chi connectivity index (χ3v) is 4.87. The average molecular weight is 626 g/mol. The van der Waals surface area contributed by atoms with E-state index in [1.54, 1.807) is 0 Å². The maximum Gasteiger partial charge on any atom is 0.405 e. The van der Waals surface area contributed by atoms with Crippen LogP contribution in [0.2, 0.25) is 0 Å². The summed E-state index contributed by atoms with van der Waals surface area (Å²) < 4.78 is 179. The van der Waals surface area contributed by atoms with Crippen LogP contribution in [0.25, 0.3) is 0 Å². The van der Waals surface area contributed by atoms with E-state index in [-0.39, 0.29) is 19.8 Å². The Bertz CT molecular complexity index is 782. The number of hydrogen-bond donors (Lipinski definition) is 6. The first-order chi connectivity index (χ1) is 15.4. The molecule has 24 heteroatoms. The second kappa shape index (κ2) is 16.1. The number of rotatable bonds is 7. The van der Waals surface area contributed by atoms with Gasteiger partial charge >= 0.3 is 18.5 Å². The standard InChI is InChI=1S/C6H14O3.3C2H3F3O3S/c1-2-6(3-7,4-8)5-9;3*3-2(4,5)1-9(6,7)8/h7-9H,2-5H2,1H3;3*1H2,(H,6,7,8). The lowest BCUT2D eigenvalue weighted by Crippen LogP contribution is -2.32. The van der Waals surface area contributed by atoms with Gasteiger partial charge in [0.25, 0.3) is 30.4 Å². The van der Waals surface area contributed by atoms with Crippen LogP contribution in [-0.4, -0.2) is 110 Å². The van der Waals surface area contributed by atoms with E-state index in [1.165, 1.54) is 0 Å². The van der Waals surface area contributed by atoms with Crippen molar-refractivity contribution in [2.24, 2.45) is 5.41 Å². The first-order valence-electron chi connectivity index (χ1n) is 8.25. The summed E-state index contributed by atoms with van der Waals surface area (Å²) in [6, 6.07) is 0. The molecule has 6 N–H and O–H groups in total. The molecule has 0 fully saturated rings. The van der Waals surface area contributed by atoms with Crippen molar-refractivity contribution in [1.29, 1.82) is 0 Å². The lowest BCUT2D eigenvalue weighted by molar-refractivity contribution is -0.108. The van der Waals surface area contributed by atoms with E-state index in [1.807, 2.05) is 6.92 Å². The Kier molecular flexibility index (Phi) is 18.8. The van der Waals surface area contributed by atoms with Crippen molar-refractivity contribution < 1.29 is 93.7 Å². The number of aliphatic hydroxyl groups is 3. The van der Waals surface area contributed by atoms with E-state index < -0.39 is 71.6 Å². The van der Waals surface area contributed by atoms with Crippen molar-refractivity contribution in [2.75, 3.05) is 37.1 Å². The Morgan fingerprint density at radius 3 is 0.667 bits per heavy atom. The molecule has 36 heavy (non-hydrogen) atoms. The van der Waals surface area contributed by atoms with Crippen LogP contribution in [-0.2, 0) is 30.4 Å². The van der Waals surface area contributed by atoms with E-state index in [4.69, 9.17) is 29.0 Å². The normalized spacial score (nSPS) is 13.3. The molecule has 0 rings (SSSR count). The molecule has 224 valence electrons. The van der Waals surface area contributed by atoms with Gasteiger partial charge in [-0.1, -0.05) is 6.92 Å². The van der Waals surface area contributed by atoms with Crippen molar-refractivity contribution in [2.45, 2.75) is 31.9 Å². The maximum absolute atomic E-state index is 11.0. The summed E-state index contributed by atoms with van der Waals surface area (Å²) in [6.45, 7) is 1.35. The van der Waals surface area contributed by atoms with Gasteiger partial charge in [0.2, 0.25) is 0 Å². The number of halogens is 9. The van der Waals surface area contributed by atoms with E-state index in [2.05, 4.69) is 0 Å². The van der Waals surface area contributed by atoms with Gasteiger partial charge in [0.05, 0.1) is 19.8 Å². The highest BCUT2D eigenvalue weighted by Gasteiger charge is 2.35. The van der Waals surface area contributed by atoms with Gasteiger partial charge in [-0.25, -0.2) is 0 Å². The highest BCUT2D eigenvalue weighted by molar-refractivity contribution is 7.86. The molecular formula is C12H23F9O12S3. The molecule has 0 spiro atoms. The predicted octanol–water partition coefficient (Wildman–Crippen LogP) is 0.669. The highest BCUT2D eigenvalue weighted by Crippen LogP contribution is 2.19. The van der Waals surface area contributed by atoms with Gasteiger partial charge in [-0.2, -0.15) is 64.8 Å². The van der Waals surface area contributed by atoms with Crippen LogP contribution < -0.4 is 0 Å². The third kappa shape index (κ3) is 40.2. The van der Waals surface area contributed by atoms with E-state index in [9.17, 15) is 64.8 Å². The van der Waals surface area contributed by atoms with E-state index in [0.717, 1.165) is 0 Å². The first-order valence-corrected chi connectivity index (χ1v) is 13.1. The number of alkyl halides is 9. The molecule has 0 aromatic heterocycles. The van der Waals surface area contributed by atoms with Gasteiger partial charge in [-0.3, -0.25) is 13.7 Å². The van der Waals surface area contributed by atoms with Crippen LogP contribution in [0.3, 0.4) is 0 Å². The Labute approximate surface area is 199 Å². The van der Waals surface area contributed by atoms with Crippen molar-refractivity contribution >= 4 is 30.4 Å². The molecule has 0 bridgehead atoms. The quantitative estimate of drug-likeness (QED) is 0.169. The molecule has 0 unspecified atom stereocenters. The SMILES string of the molecule is CCC(CO)(CO)CO.O=S(=O)(O)CC(F)(F)F.O=S(=O)(O)CC(F)(F)F.O=S(=O)(O)CC(F)(F)F. The minimum atomic E-state index is -4.91. The summed E-state index contributed by atoms with van der Waals surface area (Å²) in [5.41, 5.74) is -0.667. The predicted molar refractivity (Wildman–Crippen MR) is 101 cm³/mol. The van der Waals surface area contributed by atoms with Crippen LogP contribution in [0.1, 0.15) is 13.3 Å². The number of hydrogen-bond acceptors (Lipinski definition) is 9. The Morgan fingerprint density at radius 2 is 0.667 bits per heavy atom. The molecule has 0 aromatic carbocycles. The molecule has 0 saturated heterocycles. The second-order valence-corrected chi connectivity index (χ2v) is 10.7. The van der Waals surface area contributed by atoms with Gasteiger partial charge in [0, 0.05) is 5.41 Å². The van der Waals surface area contributed by atoms with Crippen molar-refractivity contribution in [1.82, 2.24) is 0 Å². The first kappa shape index (κ1) is 42.1. The molecule has 0 atom stereocenters. The summed E-state index contributed by atoms with van der Waals surface area (Å²) >= 11 is 0. The molecule has 0 heterocycles. The van der Waals surface area contributed by atoms with Crippen LogP contribution in [0.15, 0.2) is 0 Å². The molecule has 0 aliphatic carbocycles. The fraction of sp³-hybridized carbons (Fsp3) is 1.00. The molecule has 0 aromatic rings. The van der Waals surface area contributed by atoms with Crippen LogP contribution in [0, 0.1) is 5.41 Å². The summed E-state index contributed by atoms with van der Waals surface area (Å²) in [7, 11) is -14.7. The van der Waals surface area contributed by atoms with Crippen molar-refractivity contribution in [3.05, 3.63) is 0 Å². The van der Waals surface area contributed by atoms with Gasteiger partial charge in [0.1, 0.15) is 0 Å². The van der Waals surface area contributed by atoms with Gasteiger partial charge in [-0.15, -0.1) is 0 Å². The van der Waals surface area contributed by atoms with E-state index >= 15 is 0 Å². The average Bonchev–Trinajstić information content (AvgIpc) is 2.49. The molecule has 0 aliphatic heterocycles. The van der Waals surface area contributed by atoms with Crippen molar-refractivity contribution in [3.63, 3.8) is 0 Å². The largest absolute Gasteiger partial charge is 0.405 e. The van der Waals surface area contributed by atoms with Crippen LogP contribution in [0.4, 0.5) is 39.5 Å². The lowest BCUT2D eigenvalue weighted by Gasteiger charge is -2.24. The monoisotopic (exact) mass is 626 g/mol. The fourth-order valence-corrected chi connectivity index (χ4v) is 2.35. The van der Waals surface area contributed by atoms with Crippen LogP contribution >= 0.6 is 0 Å². The number of aliphatic hydroxyl groups excluding tert-OH is 3. The minimum absolute atomic E-state index is 0.156. The van der Waals surface area contributed by atoms with Gasteiger partial charge in [0.15, 0.2) is 17.3 Å². The van der Waals surface area contributed by atoms with E-state index in [0.29, 0.717) is 6.42 Å². The summed E-state index contributed by atoms with van der Waals surface area (Å²) in [4.78, 5) is 0. The zero-order valence-corrected chi connectivity index (χ0v) is 20.2. The zero-order valence-electron chi connectivity index (χ0n) is 17.7. The minimum Gasteiger partial charge on any atom is -0.396 e. The zero-order chi connectivity index (χ0) is 30.4. The summed E-state index contributed by atoms with van der Waals surface area (Å²) in [5, 5.41) is 26.0. The van der Waals surface area contributed by atoms with Gasteiger partial charge in [-0.05, 0) is 6.42 Å². The van der Waals surface area contributed by atoms with Gasteiger partial charge < -0.3 is 15.3 Å².